The van der Waals surface area contributed by atoms with Gasteiger partial charge in [0.15, 0.2) is 0 Å². The maximum Gasteiger partial charge on any atom is 0 e. The molecule has 1 aromatic carbocycles. The highest BCUT2D eigenvalue weighted by atomic mass is 13.6. The normalized spacial score (nSPS) is 6.00. The zero-order valence-electron chi connectivity index (χ0n) is 5.46. The Morgan fingerprint density at radius 3 is 0.889 bits per heavy atom. The molecule has 0 saturated heterocycles. The van der Waals surface area contributed by atoms with Crippen LogP contribution in [-0.2, 0) is 0 Å². The predicted molar refractivity (Wildman–Crippen MR) is 46.6 cm³/mol. The Bertz CT molecular complexity index is 76.7. The van der Waals surface area contributed by atoms with E-state index in [-0.39, 0.29) is 8.85 Å². The van der Waals surface area contributed by atoms with Gasteiger partial charge in [-0.3, -0.25) is 0 Å². The van der Waals surface area contributed by atoms with Crippen molar-refractivity contribution < 1.29 is 1.43 Å². The molecular formula is C9H18. The molecule has 0 radical (unpaired) electrons. The van der Waals surface area contributed by atoms with E-state index in [2.05, 4.69) is 0 Å². The lowest BCUT2D eigenvalue weighted by Crippen LogP contribution is -1.47. The summed E-state index contributed by atoms with van der Waals surface area (Å²) in [5.74, 6) is 0. The summed E-state index contributed by atoms with van der Waals surface area (Å²) in [5, 5.41) is 0. The van der Waals surface area contributed by atoms with Crippen molar-refractivity contribution in [3.05, 3.63) is 36.4 Å². The van der Waals surface area contributed by atoms with Crippen LogP contribution in [0.2, 0.25) is 0 Å². The maximum absolute atomic E-state index is 2.00. The molecule has 54 valence electrons. The SMILES string of the molecule is C.CC.[2HH].c1ccccc1. The Morgan fingerprint density at radius 1 is 0.667 bits per heavy atom. The van der Waals surface area contributed by atoms with E-state index in [1.54, 1.807) is 0 Å². The quantitative estimate of drug-likeness (QED) is 0.499. The minimum atomic E-state index is 0. The fraction of sp³-hybridized carbons (Fsp3) is 0.333. The van der Waals surface area contributed by atoms with Gasteiger partial charge in [0.1, 0.15) is 0 Å². The van der Waals surface area contributed by atoms with Crippen molar-refractivity contribution in [3.63, 3.8) is 0 Å². The summed E-state index contributed by atoms with van der Waals surface area (Å²) in [7, 11) is 0. The minimum Gasteiger partial charge on any atom is -0.0776 e. The van der Waals surface area contributed by atoms with Crippen LogP contribution in [0.3, 0.4) is 0 Å². The van der Waals surface area contributed by atoms with Gasteiger partial charge in [-0.25, -0.2) is 0 Å². The van der Waals surface area contributed by atoms with Gasteiger partial charge in [0.05, 0.1) is 0 Å². The fourth-order valence-electron chi connectivity index (χ4n) is 0.385. The van der Waals surface area contributed by atoms with Gasteiger partial charge in [0, 0.05) is 1.43 Å². The van der Waals surface area contributed by atoms with Crippen LogP contribution < -0.4 is 0 Å². The van der Waals surface area contributed by atoms with Crippen molar-refractivity contribution in [2.24, 2.45) is 0 Å². The van der Waals surface area contributed by atoms with Gasteiger partial charge >= 0.3 is 0 Å². The molecule has 0 aliphatic heterocycles. The van der Waals surface area contributed by atoms with E-state index >= 15 is 0 Å². The van der Waals surface area contributed by atoms with Gasteiger partial charge in [-0.05, 0) is 0 Å². The molecule has 1 rings (SSSR count). The third kappa shape index (κ3) is 7.22. The highest BCUT2D eigenvalue weighted by Crippen LogP contribution is 1.79. The fourth-order valence-corrected chi connectivity index (χ4v) is 0.385. The van der Waals surface area contributed by atoms with Crippen LogP contribution >= 0.6 is 0 Å². The van der Waals surface area contributed by atoms with Crippen LogP contribution in [0.4, 0.5) is 0 Å². The van der Waals surface area contributed by atoms with Crippen molar-refractivity contribution in [1.82, 2.24) is 0 Å². The molecule has 0 bridgehead atoms. The Kier molecular flexibility index (Phi) is 12.6. The zero-order valence-corrected chi connectivity index (χ0v) is 5.46. The lowest BCUT2D eigenvalue weighted by molar-refractivity contribution is 1.50. The first-order chi connectivity index (χ1) is 4.00. The van der Waals surface area contributed by atoms with Crippen LogP contribution in [0.1, 0.15) is 22.7 Å². The largest absolute Gasteiger partial charge is 0.0776 e. The Morgan fingerprint density at radius 2 is 0.778 bits per heavy atom. The Labute approximate surface area is 60.0 Å². The number of hydrogen-bond donors (Lipinski definition) is 0. The monoisotopic (exact) mass is 127 g/mol. The van der Waals surface area contributed by atoms with E-state index in [0.717, 1.165) is 0 Å². The van der Waals surface area contributed by atoms with Crippen LogP contribution in [0.15, 0.2) is 36.4 Å². The molecule has 0 amide bonds. The summed E-state index contributed by atoms with van der Waals surface area (Å²) in [6.07, 6.45) is 0. The highest BCUT2D eigenvalue weighted by molar-refractivity contribution is 4.99. The predicted octanol–water partition coefficient (Wildman–Crippen LogP) is 3.59. The first kappa shape index (κ1) is 11.1. The molecule has 0 saturated carbocycles. The van der Waals surface area contributed by atoms with E-state index < -0.39 is 0 Å². The molecule has 1 aromatic rings. The van der Waals surface area contributed by atoms with Crippen molar-refractivity contribution >= 4 is 0 Å². The average Bonchev–Trinajstić information content (AvgIpc) is 1.96. The van der Waals surface area contributed by atoms with Gasteiger partial charge in [-0.1, -0.05) is 57.7 Å². The van der Waals surface area contributed by atoms with Crippen molar-refractivity contribution in [1.29, 1.82) is 0 Å². The zero-order chi connectivity index (χ0) is 6.24. The number of hydrogen-bond acceptors (Lipinski definition) is 0. The first-order valence-corrected chi connectivity index (χ1v) is 3.00. The lowest BCUT2D eigenvalue weighted by Gasteiger charge is -1.69. The van der Waals surface area contributed by atoms with Gasteiger partial charge < -0.3 is 0 Å². The summed E-state index contributed by atoms with van der Waals surface area (Å²) >= 11 is 0. The van der Waals surface area contributed by atoms with Crippen molar-refractivity contribution in [2.75, 3.05) is 0 Å². The number of rotatable bonds is 0. The van der Waals surface area contributed by atoms with Gasteiger partial charge in [-0.15, -0.1) is 0 Å². The van der Waals surface area contributed by atoms with Gasteiger partial charge in [-0.2, -0.15) is 0 Å². The Balaban J connectivity index is -0.000000114. The summed E-state index contributed by atoms with van der Waals surface area (Å²) in [6.45, 7) is 4.00. The molecule has 0 spiro atoms. The lowest BCUT2D eigenvalue weighted by atomic mass is 10.4. The summed E-state index contributed by atoms with van der Waals surface area (Å²) in [4.78, 5) is 0. The molecule has 9 heavy (non-hydrogen) atoms. The maximum atomic E-state index is 2.00. The molecule has 0 unspecified atom stereocenters. The van der Waals surface area contributed by atoms with Gasteiger partial charge in [0.25, 0.3) is 0 Å². The highest BCUT2D eigenvalue weighted by Gasteiger charge is 1.57. The molecule has 0 fully saturated rings. The second-order valence-electron chi connectivity index (χ2n) is 1.15. The molecule has 0 heteroatoms. The van der Waals surface area contributed by atoms with E-state index in [4.69, 9.17) is 0 Å². The summed E-state index contributed by atoms with van der Waals surface area (Å²) in [6, 6.07) is 12.0. The van der Waals surface area contributed by atoms with Gasteiger partial charge in [0.2, 0.25) is 0 Å². The summed E-state index contributed by atoms with van der Waals surface area (Å²) in [5.41, 5.74) is 0. The molecule has 0 atom stereocenters. The Hall–Kier alpha value is -0.780. The van der Waals surface area contributed by atoms with E-state index in [0.29, 0.717) is 0 Å². The minimum absolute atomic E-state index is 0. The van der Waals surface area contributed by atoms with Crippen LogP contribution in [0, 0.1) is 0 Å². The molecule has 0 aliphatic rings. The standard InChI is InChI=1S/C6H6.C2H6.CH4.H2/c1-2-4-6-5-3-1;1-2;;/h1-6H;1-2H3;1H4;1H/i;;;1+1. The molecule has 0 N–H and O–H groups in total. The first-order valence-electron chi connectivity index (χ1n) is 3.00. The van der Waals surface area contributed by atoms with E-state index in [1.165, 1.54) is 0 Å². The molecule has 0 nitrogen and oxygen atoms in total. The van der Waals surface area contributed by atoms with Crippen LogP contribution in [-0.4, -0.2) is 0 Å². The third-order valence-electron chi connectivity index (χ3n) is 0.667. The van der Waals surface area contributed by atoms with Crippen molar-refractivity contribution in [3.8, 4) is 0 Å². The molecule has 0 aliphatic carbocycles. The topological polar surface area (TPSA) is 0 Å². The molecule has 0 heterocycles. The smallest absolute Gasteiger partial charge is 0 e. The average molecular weight is 127 g/mol. The van der Waals surface area contributed by atoms with Crippen LogP contribution in [0.5, 0.6) is 0 Å². The van der Waals surface area contributed by atoms with Crippen molar-refractivity contribution in [2.45, 2.75) is 21.3 Å². The summed E-state index contributed by atoms with van der Waals surface area (Å²) < 4.78 is 0. The molecular weight excluding hydrogens is 108 g/mol. The molecule has 0 aromatic heterocycles. The van der Waals surface area contributed by atoms with E-state index in [1.807, 2.05) is 50.2 Å². The number of benzene rings is 1. The second-order valence-corrected chi connectivity index (χ2v) is 1.15. The third-order valence-corrected chi connectivity index (χ3v) is 0.667. The van der Waals surface area contributed by atoms with Crippen LogP contribution in [0.25, 0.3) is 0 Å². The van der Waals surface area contributed by atoms with E-state index in [9.17, 15) is 0 Å². The second kappa shape index (κ2) is 10.3.